The SMILES string of the molecule is CCN(CC)[C@H]1CCO[C@]2(CCN(c3ncc(F)cn3)C2)C1.O=C(O)C(F)(F)F. The molecule has 2 aliphatic rings. The summed E-state index contributed by atoms with van der Waals surface area (Å²) in [6, 6.07) is 0.595. The topological polar surface area (TPSA) is 78.8 Å². The van der Waals surface area contributed by atoms with Crippen LogP contribution >= 0.6 is 0 Å². The second kappa shape index (κ2) is 9.66. The van der Waals surface area contributed by atoms with Crippen molar-refractivity contribution in [1.82, 2.24) is 14.9 Å². The van der Waals surface area contributed by atoms with Gasteiger partial charge in [0, 0.05) is 25.7 Å². The minimum atomic E-state index is -5.08. The third kappa shape index (κ3) is 6.23. The second-order valence-corrected chi connectivity index (χ2v) is 7.08. The normalized spacial score (nSPS) is 24.5. The molecule has 0 saturated carbocycles. The number of hydrogen-bond donors (Lipinski definition) is 1. The predicted molar refractivity (Wildman–Crippen MR) is 97.1 cm³/mol. The molecule has 164 valence electrons. The van der Waals surface area contributed by atoms with Gasteiger partial charge < -0.3 is 19.6 Å². The van der Waals surface area contributed by atoms with Crippen molar-refractivity contribution in [2.45, 2.75) is 50.9 Å². The molecule has 3 heterocycles. The maximum atomic E-state index is 13.0. The number of aromatic nitrogens is 2. The van der Waals surface area contributed by atoms with E-state index in [1.807, 2.05) is 0 Å². The molecule has 0 aromatic carbocycles. The van der Waals surface area contributed by atoms with E-state index in [-0.39, 0.29) is 5.60 Å². The van der Waals surface area contributed by atoms with Crippen LogP contribution in [-0.4, -0.2) is 76.5 Å². The number of anilines is 1. The Hall–Kier alpha value is -2.01. The molecular formula is C18H26F4N4O3. The van der Waals surface area contributed by atoms with Crippen molar-refractivity contribution >= 4 is 11.9 Å². The number of rotatable bonds is 4. The number of aliphatic carboxylic acids is 1. The first-order valence-corrected chi connectivity index (χ1v) is 9.51. The van der Waals surface area contributed by atoms with Crippen molar-refractivity contribution in [2.24, 2.45) is 0 Å². The molecule has 3 rings (SSSR count). The summed E-state index contributed by atoms with van der Waals surface area (Å²) in [7, 11) is 0. The van der Waals surface area contributed by atoms with Gasteiger partial charge in [0.1, 0.15) is 0 Å². The molecule has 7 nitrogen and oxygen atoms in total. The summed E-state index contributed by atoms with van der Waals surface area (Å²) in [6.07, 6.45) is 0.538. The minimum absolute atomic E-state index is 0.0940. The summed E-state index contributed by atoms with van der Waals surface area (Å²) >= 11 is 0. The van der Waals surface area contributed by atoms with Crippen LogP contribution in [-0.2, 0) is 9.53 Å². The van der Waals surface area contributed by atoms with Crippen LogP contribution in [0.25, 0.3) is 0 Å². The average Bonchev–Trinajstić information content (AvgIpc) is 3.06. The molecule has 1 aromatic rings. The highest BCUT2D eigenvalue weighted by Gasteiger charge is 2.44. The first-order chi connectivity index (χ1) is 13.6. The molecule has 2 saturated heterocycles. The molecule has 1 aromatic heterocycles. The van der Waals surface area contributed by atoms with Gasteiger partial charge in [-0.1, -0.05) is 13.8 Å². The van der Waals surface area contributed by atoms with Crippen LogP contribution in [0.15, 0.2) is 12.4 Å². The fourth-order valence-electron chi connectivity index (χ4n) is 3.82. The lowest BCUT2D eigenvalue weighted by Gasteiger charge is -2.42. The van der Waals surface area contributed by atoms with E-state index in [4.69, 9.17) is 14.6 Å². The summed E-state index contributed by atoms with van der Waals surface area (Å²) in [4.78, 5) is 21.7. The Kier molecular flexibility index (Phi) is 7.75. The van der Waals surface area contributed by atoms with Crippen molar-refractivity contribution in [3.63, 3.8) is 0 Å². The van der Waals surface area contributed by atoms with Crippen LogP contribution in [0.2, 0.25) is 0 Å². The first kappa shape index (κ1) is 23.3. The highest BCUT2D eigenvalue weighted by atomic mass is 19.4. The maximum absolute atomic E-state index is 13.0. The number of hydrogen-bond acceptors (Lipinski definition) is 6. The fraction of sp³-hybridized carbons (Fsp3) is 0.722. The average molecular weight is 422 g/mol. The lowest BCUT2D eigenvalue weighted by Crippen LogP contribution is -2.50. The Morgan fingerprint density at radius 3 is 2.45 bits per heavy atom. The number of carboxylic acid groups (broad SMARTS) is 1. The number of alkyl halides is 3. The zero-order chi connectivity index (χ0) is 21.7. The van der Waals surface area contributed by atoms with Gasteiger partial charge in [-0.05, 0) is 32.4 Å². The lowest BCUT2D eigenvalue weighted by atomic mass is 9.88. The smallest absolute Gasteiger partial charge is 0.475 e. The highest BCUT2D eigenvalue weighted by Crippen LogP contribution is 2.36. The lowest BCUT2D eigenvalue weighted by molar-refractivity contribution is -0.192. The van der Waals surface area contributed by atoms with Crippen LogP contribution in [0, 0.1) is 5.82 Å². The monoisotopic (exact) mass is 422 g/mol. The molecule has 11 heteroatoms. The molecule has 29 heavy (non-hydrogen) atoms. The van der Waals surface area contributed by atoms with Gasteiger partial charge in [0.05, 0.1) is 18.0 Å². The van der Waals surface area contributed by atoms with E-state index in [1.165, 1.54) is 12.4 Å². The van der Waals surface area contributed by atoms with Crippen molar-refractivity contribution in [1.29, 1.82) is 0 Å². The minimum Gasteiger partial charge on any atom is -0.475 e. The quantitative estimate of drug-likeness (QED) is 0.748. The Bertz CT molecular complexity index is 670. The summed E-state index contributed by atoms with van der Waals surface area (Å²) in [5.41, 5.74) is -0.0940. The van der Waals surface area contributed by atoms with E-state index in [9.17, 15) is 17.6 Å². The van der Waals surface area contributed by atoms with Gasteiger partial charge in [-0.2, -0.15) is 13.2 Å². The Morgan fingerprint density at radius 2 is 1.93 bits per heavy atom. The van der Waals surface area contributed by atoms with E-state index in [0.29, 0.717) is 12.0 Å². The Balaban J connectivity index is 0.000000370. The number of ether oxygens (including phenoxy) is 1. The van der Waals surface area contributed by atoms with E-state index < -0.39 is 18.0 Å². The summed E-state index contributed by atoms with van der Waals surface area (Å²) in [6.45, 7) is 9.11. The molecule has 1 N–H and O–H groups in total. The number of nitrogens with zero attached hydrogens (tertiary/aromatic N) is 4. The van der Waals surface area contributed by atoms with Crippen LogP contribution in [0.5, 0.6) is 0 Å². The molecule has 0 amide bonds. The largest absolute Gasteiger partial charge is 0.490 e. The number of carbonyl (C=O) groups is 1. The van der Waals surface area contributed by atoms with Gasteiger partial charge in [0.2, 0.25) is 5.95 Å². The van der Waals surface area contributed by atoms with Crippen molar-refractivity contribution < 1.29 is 32.2 Å². The van der Waals surface area contributed by atoms with Crippen molar-refractivity contribution in [3.05, 3.63) is 18.2 Å². The molecule has 0 radical (unpaired) electrons. The summed E-state index contributed by atoms with van der Waals surface area (Å²) < 4.78 is 50.9. The standard InChI is InChI=1S/C16H25FN4O.C2HF3O2/c1-3-20(4-2)14-5-8-22-16(9-14)6-7-21(12-16)15-18-10-13(17)11-19-15;3-2(4,5)1(6)7/h10-11,14H,3-9,12H2,1-2H3;(H,6,7)/t14-,16+;/m0./s1. The third-order valence-corrected chi connectivity index (χ3v) is 5.24. The summed E-state index contributed by atoms with van der Waals surface area (Å²) in [5, 5.41) is 7.12. The highest BCUT2D eigenvalue weighted by molar-refractivity contribution is 5.73. The van der Waals surface area contributed by atoms with Gasteiger partial charge in [-0.25, -0.2) is 19.2 Å². The van der Waals surface area contributed by atoms with Crippen LogP contribution in [0.4, 0.5) is 23.5 Å². The zero-order valence-corrected chi connectivity index (χ0v) is 16.5. The number of halogens is 4. The summed E-state index contributed by atoms with van der Waals surface area (Å²) in [5.74, 6) is -2.55. The van der Waals surface area contributed by atoms with Crippen molar-refractivity contribution in [3.8, 4) is 0 Å². The number of carboxylic acids is 1. The van der Waals surface area contributed by atoms with E-state index >= 15 is 0 Å². The van der Waals surface area contributed by atoms with Gasteiger partial charge in [0.15, 0.2) is 5.82 Å². The van der Waals surface area contributed by atoms with Gasteiger partial charge in [0.25, 0.3) is 0 Å². The molecule has 0 unspecified atom stereocenters. The Morgan fingerprint density at radius 1 is 1.34 bits per heavy atom. The molecular weight excluding hydrogens is 396 g/mol. The van der Waals surface area contributed by atoms with Gasteiger partial charge >= 0.3 is 12.1 Å². The molecule has 2 aliphatic heterocycles. The molecule has 0 bridgehead atoms. The fourth-order valence-corrected chi connectivity index (χ4v) is 3.82. The van der Waals surface area contributed by atoms with Crippen LogP contribution in [0.1, 0.15) is 33.1 Å². The second-order valence-electron chi connectivity index (χ2n) is 7.08. The Labute approximate surface area is 166 Å². The van der Waals surface area contributed by atoms with Crippen LogP contribution in [0.3, 0.4) is 0 Å². The van der Waals surface area contributed by atoms with E-state index in [0.717, 1.165) is 52.0 Å². The third-order valence-electron chi connectivity index (χ3n) is 5.24. The maximum Gasteiger partial charge on any atom is 0.490 e. The van der Waals surface area contributed by atoms with E-state index in [1.54, 1.807) is 0 Å². The molecule has 2 atom stereocenters. The molecule has 1 spiro atoms. The van der Waals surface area contributed by atoms with Crippen LogP contribution < -0.4 is 4.90 Å². The van der Waals surface area contributed by atoms with Gasteiger partial charge in [-0.3, -0.25) is 0 Å². The van der Waals surface area contributed by atoms with Gasteiger partial charge in [-0.15, -0.1) is 0 Å². The van der Waals surface area contributed by atoms with E-state index in [2.05, 4.69) is 33.6 Å². The predicted octanol–water partition coefficient (Wildman–Crippen LogP) is 2.72. The van der Waals surface area contributed by atoms with Crippen molar-refractivity contribution in [2.75, 3.05) is 37.7 Å². The molecule has 2 fully saturated rings. The zero-order valence-electron chi connectivity index (χ0n) is 16.5. The first-order valence-electron chi connectivity index (χ1n) is 9.51. The molecule has 0 aliphatic carbocycles.